The molecule has 2 atom stereocenters. The Morgan fingerprint density at radius 1 is 1.09 bits per heavy atom. The Hall–Kier alpha value is -3.26. The molecule has 1 fully saturated rings. The highest BCUT2D eigenvalue weighted by atomic mass is 16.5. The predicted molar refractivity (Wildman–Crippen MR) is 130 cm³/mol. The van der Waals surface area contributed by atoms with Crippen molar-refractivity contribution in [2.24, 2.45) is 0 Å². The second kappa shape index (κ2) is 10.3. The van der Waals surface area contributed by atoms with Crippen molar-refractivity contribution >= 4 is 11.6 Å². The Morgan fingerprint density at radius 2 is 1.88 bits per heavy atom. The van der Waals surface area contributed by atoms with Gasteiger partial charge in [0.05, 0.1) is 39.2 Å². The van der Waals surface area contributed by atoms with E-state index in [9.17, 15) is 9.59 Å². The number of hydrogen-bond donors (Lipinski definition) is 2. The zero-order chi connectivity index (χ0) is 24.2. The fourth-order valence-electron chi connectivity index (χ4n) is 4.88. The Bertz CT molecular complexity index is 1130. The SMILES string of the molecule is COc1cc2c(c(OC)c1OC)-c1ccc(NCC3CCCO3)c(=O)cc1C(NC(C)=O)CC2. The second-order valence-corrected chi connectivity index (χ2v) is 8.61. The van der Waals surface area contributed by atoms with Gasteiger partial charge in [-0.2, -0.15) is 0 Å². The molecule has 2 aliphatic rings. The Morgan fingerprint density at radius 3 is 2.53 bits per heavy atom. The van der Waals surface area contributed by atoms with E-state index in [1.54, 1.807) is 33.5 Å². The minimum atomic E-state index is -0.326. The fourth-order valence-corrected chi connectivity index (χ4v) is 4.88. The van der Waals surface area contributed by atoms with E-state index in [0.717, 1.165) is 41.7 Å². The summed E-state index contributed by atoms with van der Waals surface area (Å²) in [6.45, 7) is 2.82. The van der Waals surface area contributed by atoms with E-state index < -0.39 is 0 Å². The summed E-state index contributed by atoms with van der Waals surface area (Å²) in [5.74, 6) is 1.44. The third-order valence-electron chi connectivity index (χ3n) is 6.46. The van der Waals surface area contributed by atoms with Crippen molar-refractivity contribution in [3.05, 3.63) is 45.6 Å². The maximum Gasteiger partial charge on any atom is 0.217 e. The minimum absolute atomic E-state index is 0.104. The first-order valence-corrected chi connectivity index (χ1v) is 11.6. The maximum absolute atomic E-state index is 13.2. The van der Waals surface area contributed by atoms with Crippen LogP contribution < -0.4 is 30.3 Å². The molecule has 2 unspecified atom stereocenters. The molecular formula is C26H32N2O6. The Labute approximate surface area is 199 Å². The average Bonchev–Trinajstić information content (AvgIpc) is 3.24. The number of anilines is 1. The number of hydrogen-bond acceptors (Lipinski definition) is 7. The number of amides is 1. The molecule has 34 heavy (non-hydrogen) atoms. The molecule has 1 aliphatic heterocycles. The predicted octanol–water partition coefficient (Wildman–Crippen LogP) is 3.45. The quantitative estimate of drug-likeness (QED) is 0.643. The number of ether oxygens (including phenoxy) is 4. The molecule has 4 rings (SSSR count). The summed E-state index contributed by atoms with van der Waals surface area (Å²) in [5.41, 5.74) is 3.74. The van der Waals surface area contributed by atoms with Gasteiger partial charge in [-0.05, 0) is 60.6 Å². The van der Waals surface area contributed by atoms with Crippen LogP contribution in [0.1, 0.15) is 43.4 Å². The molecule has 2 aromatic rings. The topological polar surface area (TPSA) is 95.1 Å². The van der Waals surface area contributed by atoms with E-state index in [1.807, 2.05) is 12.1 Å². The molecule has 1 amide bonds. The molecular weight excluding hydrogens is 436 g/mol. The van der Waals surface area contributed by atoms with E-state index in [2.05, 4.69) is 10.6 Å². The lowest BCUT2D eigenvalue weighted by Gasteiger charge is -2.19. The van der Waals surface area contributed by atoms with Gasteiger partial charge in [0.15, 0.2) is 11.5 Å². The van der Waals surface area contributed by atoms with Crippen LogP contribution in [0.25, 0.3) is 11.1 Å². The van der Waals surface area contributed by atoms with Gasteiger partial charge in [0.25, 0.3) is 0 Å². The largest absolute Gasteiger partial charge is 0.493 e. The van der Waals surface area contributed by atoms with Gasteiger partial charge in [0.1, 0.15) is 0 Å². The van der Waals surface area contributed by atoms with Gasteiger partial charge in [-0.1, -0.05) is 6.07 Å². The lowest BCUT2D eigenvalue weighted by molar-refractivity contribution is -0.119. The molecule has 0 spiro atoms. The van der Waals surface area contributed by atoms with Crippen LogP contribution in [0.2, 0.25) is 0 Å². The third kappa shape index (κ3) is 4.68. The molecule has 182 valence electrons. The summed E-state index contributed by atoms with van der Waals surface area (Å²) < 4.78 is 22.7. The van der Waals surface area contributed by atoms with Crippen molar-refractivity contribution in [1.29, 1.82) is 0 Å². The van der Waals surface area contributed by atoms with Gasteiger partial charge in [-0.15, -0.1) is 0 Å². The third-order valence-corrected chi connectivity index (χ3v) is 6.46. The molecule has 2 aromatic carbocycles. The molecule has 1 heterocycles. The summed E-state index contributed by atoms with van der Waals surface area (Å²) in [6.07, 6.45) is 3.40. The van der Waals surface area contributed by atoms with Crippen molar-refractivity contribution in [2.45, 2.75) is 44.8 Å². The molecule has 1 saturated heterocycles. The van der Waals surface area contributed by atoms with Crippen molar-refractivity contribution in [3.8, 4) is 28.4 Å². The van der Waals surface area contributed by atoms with Crippen LogP contribution in [-0.2, 0) is 16.0 Å². The first-order chi connectivity index (χ1) is 16.5. The monoisotopic (exact) mass is 468 g/mol. The number of nitrogens with one attached hydrogen (secondary N) is 2. The van der Waals surface area contributed by atoms with Crippen molar-refractivity contribution < 1.29 is 23.7 Å². The molecule has 0 saturated carbocycles. The molecule has 0 bridgehead atoms. The van der Waals surface area contributed by atoms with Gasteiger partial charge < -0.3 is 29.6 Å². The lowest BCUT2D eigenvalue weighted by Crippen LogP contribution is -2.26. The van der Waals surface area contributed by atoms with E-state index >= 15 is 0 Å². The van der Waals surface area contributed by atoms with Crippen LogP contribution in [0.5, 0.6) is 17.2 Å². The normalized spacial score (nSPS) is 18.8. The highest BCUT2D eigenvalue weighted by Crippen LogP contribution is 2.50. The van der Waals surface area contributed by atoms with Gasteiger partial charge in [0, 0.05) is 25.6 Å². The number of methoxy groups -OCH3 is 3. The average molecular weight is 469 g/mol. The van der Waals surface area contributed by atoms with E-state index in [0.29, 0.717) is 42.3 Å². The standard InChI is InChI=1S/C26H32N2O6/c1-15(29)28-20-9-7-16-12-23(31-2)25(32-3)26(33-4)24(16)18-8-10-21(22(30)13-19(18)20)27-14-17-6-5-11-34-17/h8,10,12-13,17,20H,5-7,9,11,14H2,1-4H3,(H,27,30)(H,28,29). The van der Waals surface area contributed by atoms with Crippen LogP contribution >= 0.6 is 0 Å². The van der Waals surface area contributed by atoms with Crippen molar-refractivity contribution in [1.82, 2.24) is 5.32 Å². The summed E-state index contributed by atoms with van der Waals surface area (Å²) in [7, 11) is 4.74. The van der Waals surface area contributed by atoms with Crippen LogP contribution in [0, 0.1) is 0 Å². The highest BCUT2D eigenvalue weighted by Gasteiger charge is 2.29. The van der Waals surface area contributed by atoms with Crippen LogP contribution in [0.4, 0.5) is 5.69 Å². The van der Waals surface area contributed by atoms with Crippen molar-refractivity contribution in [2.75, 3.05) is 39.8 Å². The second-order valence-electron chi connectivity index (χ2n) is 8.61. The summed E-state index contributed by atoms with van der Waals surface area (Å²) >= 11 is 0. The van der Waals surface area contributed by atoms with E-state index in [-0.39, 0.29) is 23.5 Å². The van der Waals surface area contributed by atoms with Gasteiger partial charge in [-0.25, -0.2) is 0 Å². The number of carbonyl (C=O) groups excluding carboxylic acids is 1. The molecule has 0 aromatic heterocycles. The highest BCUT2D eigenvalue weighted by molar-refractivity contribution is 5.83. The Kier molecular flexibility index (Phi) is 7.26. The Balaban J connectivity index is 1.89. The fraction of sp³-hybridized carbons (Fsp3) is 0.462. The lowest BCUT2D eigenvalue weighted by atomic mass is 9.95. The number of benzene rings is 1. The molecule has 8 nitrogen and oxygen atoms in total. The summed E-state index contributed by atoms with van der Waals surface area (Å²) in [5, 5.41) is 6.28. The molecule has 1 aliphatic carbocycles. The molecule has 2 N–H and O–H groups in total. The summed E-state index contributed by atoms with van der Waals surface area (Å²) in [6, 6.07) is 6.96. The van der Waals surface area contributed by atoms with Gasteiger partial charge >= 0.3 is 0 Å². The first-order valence-electron chi connectivity index (χ1n) is 11.6. The first kappa shape index (κ1) is 23.9. The minimum Gasteiger partial charge on any atom is -0.493 e. The maximum atomic E-state index is 13.2. The number of aryl methyl sites for hydroxylation is 1. The zero-order valence-corrected chi connectivity index (χ0v) is 20.2. The molecule has 0 radical (unpaired) electrons. The number of carbonyl (C=O) groups is 1. The van der Waals surface area contributed by atoms with Gasteiger partial charge in [-0.3, -0.25) is 9.59 Å². The van der Waals surface area contributed by atoms with Crippen LogP contribution in [-0.4, -0.2) is 46.5 Å². The van der Waals surface area contributed by atoms with Crippen molar-refractivity contribution in [3.63, 3.8) is 0 Å². The van der Waals surface area contributed by atoms with Gasteiger partial charge in [0.2, 0.25) is 17.1 Å². The molecule has 8 heteroatoms. The van der Waals surface area contributed by atoms with Crippen LogP contribution in [0.15, 0.2) is 29.1 Å². The zero-order valence-electron chi connectivity index (χ0n) is 20.2. The number of fused-ring (bicyclic) bond motifs is 3. The summed E-state index contributed by atoms with van der Waals surface area (Å²) in [4.78, 5) is 25.3. The number of rotatable bonds is 7. The van der Waals surface area contributed by atoms with Crippen LogP contribution in [0.3, 0.4) is 0 Å². The smallest absolute Gasteiger partial charge is 0.217 e. The van der Waals surface area contributed by atoms with E-state index in [4.69, 9.17) is 18.9 Å². The van der Waals surface area contributed by atoms with E-state index in [1.165, 1.54) is 6.92 Å².